The Kier molecular flexibility index (Phi) is 3.31. The summed E-state index contributed by atoms with van der Waals surface area (Å²) in [6.07, 6.45) is 1.98. The standard InChI is InChI=1S/C12H16N2O5S/c15-12(16)10-1-2-11(19-10)20(17,18)13-9-7-14-5-3-8(9)4-6-14/h1-2,8-9,13H,3-7H2,(H,15,16). The summed E-state index contributed by atoms with van der Waals surface area (Å²) in [5, 5.41) is 8.41. The molecule has 1 aromatic heterocycles. The normalized spacial score (nSPS) is 29.5. The van der Waals surface area contributed by atoms with Crippen LogP contribution in [0.4, 0.5) is 0 Å². The maximum Gasteiger partial charge on any atom is 0.371 e. The highest BCUT2D eigenvalue weighted by molar-refractivity contribution is 7.89. The van der Waals surface area contributed by atoms with Crippen LogP contribution in [0.1, 0.15) is 23.4 Å². The second-order valence-corrected chi connectivity index (χ2v) is 6.93. The molecule has 3 saturated heterocycles. The second-order valence-electron chi connectivity index (χ2n) is 5.29. The summed E-state index contributed by atoms with van der Waals surface area (Å²) < 4.78 is 31.9. The number of piperidine rings is 3. The summed E-state index contributed by atoms with van der Waals surface area (Å²) in [5.41, 5.74) is 0. The fraction of sp³-hybridized carbons (Fsp3) is 0.583. The Morgan fingerprint density at radius 1 is 1.35 bits per heavy atom. The molecule has 7 nitrogen and oxygen atoms in total. The zero-order valence-corrected chi connectivity index (χ0v) is 11.6. The Morgan fingerprint density at radius 3 is 2.55 bits per heavy atom. The van der Waals surface area contributed by atoms with Gasteiger partial charge in [0.05, 0.1) is 0 Å². The van der Waals surface area contributed by atoms with Crippen molar-refractivity contribution in [1.29, 1.82) is 0 Å². The third-order valence-electron chi connectivity index (χ3n) is 4.02. The van der Waals surface area contributed by atoms with Crippen LogP contribution in [0.15, 0.2) is 21.6 Å². The lowest BCUT2D eigenvalue weighted by molar-refractivity contribution is 0.0656. The van der Waals surface area contributed by atoms with Gasteiger partial charge in [-0.3, -0.25) is 0 Å². The van der Waals surface area contributed by atoms with Crippen LogP contribution < -0.4 is 4.72 Å². The maximum atomic E-state index is 12.2. The van der Waals surface area contributed by atoms with Gasteiger partial charge in [-0.2, -0.15) is 0 Å². The topological polar surface area (TPSA) is 99.8 Å². The van der Waals surface area contributed by atoms with E-state index >= 15 is 0 Å². The Labute approximate surface area is 116 Å². The van der Waals surface area contributed by atoms with Crippen molar-refractivity contribution >= 4 is 16.0 Å². The third-order valence-corrected chi connectivity index (χ3v) is 5.38. The van der Waals surface area contributed by atoms with E-state index in [9.17, 15) is 13.2 Å². The van der Waals surface area contributed by atoms with Crippen molar-refractivity contribution < 1.29 is 22.7 Å². The van der Waals surface area contributed by atoms with Crippen molar-refractivity contribution in [2.45, 2.75) is 24.0 Å². The minimum absolute atomic E-state index is 0.124. The molecule has 0 aliphatic carbocycles. The molecule has 0 saturated carbocycles. The van der Waals surface area contributed by atoms with Crippen molar-refractivity contribution in [3.8, 4) is 0 Å². The molecule has 0 aromatic carbocycles. The highest BCUT2D eigenvalue weighted by Gasteiger charge is 2.37. The maximum absolute atomic E-state index is 12.2. The van der Waals surface area contributed by atoms with Crippen LogP contribution in [0.3, 0.4) is 0 Å². The Balaban J connectivity index is 1.76. The fourth-order valence-electron chi connectivity index (χ4n) is 2.94. The lowest BCUT2D eigenvalue weighted by Crippen LogP contribution is -2.57. The van der Waals surface area contributed by atoms with Crippen LogP contribution in [0.2, 0.25) is 0 Å². The quantitative estimate of drug-likeness (QED) is 0.832. The number of hydrogen-bond donors (Lipinski definition) is 2. The van der Waals surface area contributed by atoms with Gasteiger partial charge in [0.1, 0.15) is 0 Å². The lowest BCUT2D eigenvalue weighted by atomic mass is 9.85. The zero-order valence-electron chi connectivity index (χ0n) is 10.8. The highest BCUT2D eigenvalue weighted by atomic mass is 32.2. The monoisotopic (exact) mass is 300 g/mol. The molecular formula is C12H16N2O5S. The van der Waals surface area contributed by atoms with E-state index in [1.54, 1.807) is 0 Å². The molecule has 0 amide bonds. The molecule has 1 aromatic rings. The molecule has 1 unspecified atom stereocenters. The fourth-order valence-corrected chi connectivity index (χ4v) is 4.16. The molecule has 3 aliphatic heterocycles. The number of nitrogens with zero attached hydrogens (tertiary/aromatic N) is 1. The second kappa shape index (κ2) is 4.87. The lowest BCUT2D eigenvalue weighted by Gasteiger charge is -2.44. The highest BCUT2D eigenvalue weighted by Crippen LogP contribution is 2.28. The van der Waals surface area contributed by atoms with Crippen molar-refractivity contribution in [2.24, 2.45) is 5.92 Å². The smallest absolute Gasteiger partial charge is 0.371 e. The number of sulfonamides is 1. The summed E-state index contributed by atoms with van der Waals surface area (Å²) in [6, 6.07) is 2.20. The number of aromatic carboxylic acids is 1. The molecule has 4 rings (SSSR count). The Bertz CT molecular complexity index is 616. The number of hydrogen-bond acceptors (Lipinski definition) is 5. The van der Waals surface area contributed by atoms with E-state index in [1.165, 1.54) is 6.07 Å². The minimum atomic E-state index is -3.80. The van der Waals surface area contributed by atoms with Gasteiger partial charge in [0.2, 0.25) is 10.9 Å². The van der Waals surface area contributed by atoms with Gasteiger partial charge < -0.3 is 14.4 Å². The van der Waals surface area contributed by atoms with Gasteiger partial charge in [-0.05, 0) is 44.0 Å². The van der Waals surface area contributed by atoms with E-state index < -0.39 is 16.0 Å². The Morgan fingerprint density at radius 2 is 2.05 bits per heavy atom. The summed E-state index contributed by atoms with van der Waals surface area (Å²) in [5.74, 6) is -1.31. The number of carbonyl (C=O) groups is 1. The molecule has 0 radical (unpaired) electrons. The molecule has 8 heteroatoms. The molecule has 4 heterocycles. The first-order chi connectivity index (χ1) is 9.45. The number of fused-ring (bicyclic) bond motifs is 3. The van der Waals surface area contributed by atoms with Gasteiger partial charge >= 0.3 is 5.97 Å². The van der Waals surface area contributed by atoms with Crippen molar-refractivity contribution in [3.05, 3.63) is 17.9 Å². The molecule has 20 heavy (non-hydrogen) atoms. The van der Waals surface area contributed by atoms with E-state index in [-0.39, 0.29) is 16.9 Å². The number of furan rings is 1. The van der Waals surface area contributed by atoms with Crippen molar-refractivity contribution in [2.75, 3.05) is 19.6 Å². The number of carboxylic acid groups (broad SMARTS) is 1. The number of nitrogens with one attached hydrogen (secondary N) is 1. The van der Waals surface area contributed by atoms with Gasteiger partial charge in [0.25, 0.3) is 10.0 Å². The van der Waals surface area contributed by atoms with Crippen LogP contribution in [-0.4, -0.2) is 50.1 Å². The number of carboxylic acids is 1. The largest absolute Gasteiger partial charge is 0.475 e. The van der Waals surface area contributed by atoms with E-state index in [4.69, 9.17) is 9.52 Å². The first-order valence-electron chi connectivity index (χ1n) is 6.53. The molecule has 1 atom stereocenters. The molecule has 0 spiro atoms. The predicted molar refractivity (Wildman–Crippen MR) is 68.9 cm³/mol. The van der Waals surface area contributed by atoms with Crippen LogP contribution >= 0.6 is 0 Å². The molecule has 2 bridgehead atoms. The van der Waals surface area contributed by atoms with Crippen LogP contribution in [0.5, 0.6) is 0 Å². The van der Waals surface area contributed by atoms with Gasteiger partial charge in [0.15, 0.2) is 0 Å². The SMILES string of the molecule is O=C(O)c1ccc(S(=O)(=O)NC2CN3CCC2CC3)o1. The van der Waals surface area contributed by atoms with Crippen molar-refractivity contribution in [3.63, 3.8) is 0 Å². The molecule has 110 valence electrons. The van der Waals surface area contributed by atoms with E-state index in [2.05, 4.69) is 9.62 Å². The molecule has 3 fully saturated rings. The van der Waals surface area contributed by atoms with Gasteiger partial charge in [-0.25, -0.2) is 17.9 Å². The molecular weight excluding hydrogens is 284 g/mol. The molecule has 3 aliphatic rings. The van der Waals surface area contributed by atoms with Gasteiger partial charge in [0, 0.05) is 12.6 Å². The van der Waals surface area contributed by atoms with E-state index in [0.717, 1.165) is 32.0 Å². The third kappa shape index (κ3) is 2.46. The predicted octanol–water partition coefficient (Wildman–Crippen LogP) is 0.350. The van der Waals surface area contributed by atoms with Crippen LogP contribution in [0, 0.1) is 5.92 Å². The van der Waals surface area contributed by atoms with Gasteiger partial charge in [-0.15, -0.1) is 0 Å². The molecule has 2 N–H and O–H groups in total. The summed E-state index contributed by atoms with van der Waals surface area (Å²) in [7, 11) is -3.80. The Hall–Kier alpha value is -1.38. The summed E-state index contributed by atoms with van der Waals surface area (Å²) >= 11 is 0. The summed E-state index contributed by atoms with van der Waals surface area (Å²) in [4.78, 5) is 13.0. The zero-order chi connectivity index (χ0) is 14.3. The first kappa shape index (κ1) is 13.6. The van der Waals surface area contributed by atoms with E-state index in [1.807, 2.05) is 0 Å². The van der Waals surface area contributed by atoms with Crippen molar-refractivity contribution in [1.82, 2.24) is 9.62 Å². The van der Waals surface area contributed by atoms with Gasteiger partial charge in [-0.1, -0.05) is 0 Å². The number of rotatable bonds is 4. The first-order valence-corrected chi connectivity index (χ1v) is 8.02. The average Bonchev–Trinajstić information content (AvgIpc) is 2.90. The van der Waals surface area contributed by atoms with Crippen LogP contribution in [0.25, 0.3) is 0 Å². The van der Waals surface area contributed by atoms with E-state index in [0.29, 0.717) is 12.5 Å². The minimum Gasteiger partial charge on any atom is -0.475 e. The van der Waals surface area contributed by atoms with Crippen LogP contribution in [-0.2, 0) is 10.0 Å². The summed E-state index contributed by atoms with van der Waals surface area (Å²) in [6.45, 7) is 2.75. The average molecular weight is 300 g/mol.